The van der Waals surface area contributed by atoms with Crippen molar-refractivity contribution in [3.05, 3.63) is 29.6 Å². The standard InChI is InChI=1S/C10H12FNO2/c11-9-3-7(4-12)1-2-10(9)14-8-5-13-6-8/h1-3,8H,4-6,12H2. The lowest BCUT2D eigenvalue weighted by Gasteiger charge is -2.26. The van der Waals surface area contributed by atoms with E-state index in [1.807, 2.05) is 0 Å². The molecule has 0 atom stereocenters. The quantitative estimate of drug-likeness (QED) is 0.788. The maximum Gasteiger partial charge on any atom is 0.165 e. The zero-order valence-electron chi connectivity index (χ0n) is 7.70. The van der Waals surface area contributed by atoms with Gasteiger partial charge >= 0.3 is 0 Å². The van der Waals surface area contributed by atoms with Crippen LogP contribution < -0.4 is 10.5 Å². The first-order chi connectivity index (χ1) is 6.79. The van der Waals surface area contributed by atoms with Crippen LogP contribution in [0.1, 0.15) is 5.56 Å². The molecule has 0 aliphatic carbocycles. The van der Waals surface area contributed by atoms with Crippen molar-refractivity contribution in [3.63, 3.8) is 0 Å². The van der Waals surface area contributed by atoms with Gasteiger partial charge in [-0.15, -0.1) is 0 Å². The van der Waals surface area contributed by atoms with Gasteiger partial charge in [-0.1, -0.05) is 6.07 Å². The normalized spacial score (nSPS) is 16.4. The van der Waals surface area contributed by atoms with E-state index >= 15 is 0 Å². The number of rotatable bonds is 3. The van der Waals surface area contributed by atoms with Gasteiger partial charge in [0.1, 0.15) is 6.10 Å². The molecule has 0 radical (unpaired) electrons. The highest BCUT2D eigenvalue weighted by molar-refractivity contribution is 5.29. The van der Waals surface area contributed by atoms with Crippen molar-refractivity contribution in [3.8, 4) is 5.75 Å². The second-order valence-electron chi connectivity index (χ2n) is 3.25. The number of benzene rings is 1. The minimum Gasteiger partial charge on any atom is -0.483 e. The van der Waals surface area contributed by atoms with Crippen LogP contribution in [0.2, 0.25) is 0 Å². The molecule has 1 aliphatic heterocycles. The van der Waals surface area contributed by atoms with Crippen LogP contribution in [-0.4, -0.2) is 19.3 Å². The van der Waals surface area contributed by atoms with Crippen LogP contribution in [0.4, 0.5) is 4.39 Å². The van der Waals surface area contributed by atoms with Crippen LogP contribution in [-0.2, 0) is 11.3 Å². The first-order valence-corrected chi connectivity index (χ1v) is 4.52. The summed E-state index contributed by atoms with van der Waals surface area (Å²) in [6.07, 6.45) is -0.00627. The summed E-state index contributed by atoms with van der Waals surface area (Å²) >= 11 is 0. The second kappa shape index (κ2) is 3.94. The lowest BCUT2D eigenvalue weighted by molar-refractivity contribution is -0.0808. The number of nitrogens with two attached hydrogens (primary N) is 1. The molecule has 1 heterocycles. The highest BCUT2D eigenvalue weighted by Gasteiger charge is 2.21. The average Bonchev–Trinajstić information content (AvgIpc) is 2.13. The van der Waals surface area contributed by atoms with E-state index in [-0.39, 0.29) is 17.7 Å². The van der Waals surface area contributed by atoms with Crippen LogP contribution in [0.15, 0.2) is 18.2 Å². The van der Waals surface area contributed by atoms with E-state index < -0.39 is 0 Å². The molecule has 0 amide bonds. The van der Waals surface area contributed by atoms with Crippen molar-refractivity contribution >= 4 is 0 Å². The summed E-state index contributed by atoms with van der Waals surface area (Å²) in [7, 11) is 0. The Kier molecular flexibility index (Phi) is 2.65. The largest absolute Gasteiger partial charge is 0.483 e. The predicted octanol–water partition coefficient (Wildman–Crippen LogP) is 1.06. The minimum atomic E-state index is -0.361. The first-order valence-electron chi connectivity index (χ1n) is 4.52. The Hall–Kier alpha value is -1.13. The van der Waals surface area contributed by atoms with E-state index in [1.165, 1.54) is 6.07 Å². The van der Waals surface area contributed by atoms with Crippen molar-refractivity contribution < 1.29 is 13.9 Å². The molecule has 4 heteroatoms. The maximum absolute atomic E-state index is 13.3. The summed E-state index contributed by atoms with van der Waals surface area (Å²) in [6, 6.07) is 4.77. The van der Waals surface area contributed by atoms with Crippen LogP contribution in [0.3, 0.4) is 0 Å². The molecule has 3 nitrogen and oxygen atoms in total. The molecule has 1 fully saturated rings. The third kappa shape index (κ3) is 1.86. The molecule has 0 unspecified atom stereocenters. The van der Waals surface area contributed by atoms with E-state index in [4.69, 9.17) is 15.2 Å². The molecule has 0 aromatic heterocycles. The molecular formula is C10H12FNO2. The number of halogens is 1. The van der Waals surface area contributed by atoms with Gasteiger partial charge in [-0.05, 0) is 17.7 Å². The zero-order valence-corrected chi connectivity index (χ0v) is 7.70. The lowest BCUT2D eigenvalue weighted by atomic mass is 10.2. The fourth-order valence-corrected chi connectivity index (χ4v) is 1.23. The lowest BCUT2D eigenvalue weighted by Crippen LogP contribution is -2.38. The molecule has 1 saturated heterocycles. The van der Waals surface area contributed by atoms with Gasteiger partial charge in [-0.25, -0.2) is 4.39 Å². The summed E-state index contributed by atoms with van der Waals surface area (Å²) in [4.78, 5) is 0. The predicted molar refractivity (Wildman–Crippen MR) is 49.5 cm³/mol. The van der Waals surface area contributed by atoms with Gasteiger partial charge in [0.05, 0.1) is 13.2 Å². The van der Waals surface area contributed by atoms with E-state index in [0.29, 0.717) is 19.8 Å². The Morgan fingerprint density at radius 3 is 2.79 bits per heavy atom. The third-order valence-electron chi connectivity index (χ3n) is 2.13. The van der Waals surface area contributed by atoms with Crippen molar-refractivity contribution in [2.45, 2.75) is 12.6 Å². The van der Waals surface area contributed by atoms with Gasteiger partial charge < -0.3 is 15.2 Å². The van der Waals surface area contributed by atoms with Crippen LogP contribution >= 0.6 is 0 Å². The SMILES string of the molecule is NCc1ccc(OC2COC2)c(F)c1. The zero-order chi connectivity index (χ0) is 9.97. The van der Waals surface area contributed by atoms with Crippen molar-refractivity contribution in [1.82, 2.24) is 0 Å². The Morgan fingerprint density at radius 2 is 2.29 bits per heavy atom. The van der Waals surface area contributed by atoms with Crippen LogP contribution in [0.5, 0.6) is 5.75 Å². The first kappa shape index (κ1) is 9.43. The van der Waals surface area contributed by atoms with Crippen LogP contribution in [0, 0.1) is 5.82 Å². The minimum absolute atomic E-state index is 0.00627. The fourth-order valence-electron chi connectivity index (χ4n) is 1.23. The highest BCUT2D eigenvalue weighted by atomic mass is 19.1. The summed E-state index contributed by atoms with van der Waals surface area (Å²) < 4.78 is 23.6. The summed E-state index contributed by atoms with van der Waals surface area (Å²) in [5, 5.41) is 0. The van der Waals surface area contributed by atoms with Crippen molar-refractivity contribution in [2.24, 2.45) is 5.73 Å². The van der Waals surface area contributed by atoms with Crippen molar-refractivity contribution in [2.75, 3.05) is 13.2 Å². The van der Waals surface area contributed by atoms with E-state index in [2.05, 4.69) is 0 Å². The molecule has 14 heavy (non-hydrogen) atoms. The van der Waals surface area contributed by atoms with Gasteiger partial charge in [0.25, 0.3) is 0 Å². The molecule has 0 saturated carbocycles. The van der Waals surface area contributed by atoms with Gasteiger partial charge in [0, 0.05) is 6.54 Å². The maximum atomic E-state index is 13.3. The Labute approximate surface area is 81.6 Å². The summed E-state index contributed by atoms with van der Waals surface area (Å²) in [5.41, 5.74) is 6.14. The van der Waals surface area contributed by atoms with E-state index in [1.54, 1.807) is 12.1 Å². The Balaban J connectivity index is 2.09. The highest BCUT2D eigenvalue weighted by Crippen LogP contribution is 2.21. The number of hydrogen-bond donors (Lipinski definition) is 1. The second-order valence-corrected chi connectivity index (χ2v) is 3.25. The third-order valence-corrected chi connectivity index (χ3v) is 2.13. The molecule has 1 aromatic carbocycles. The van der Waals surface area contributed by atoms with E-state index in [0.717, 1.165) is 5.56 Å². The van der Waals surface area contributed by atoms with Crippen LogP contribution in [0.25, 0.3) is 0 Å². The number of ether oxygens (including phenoxy) is 2. The summed E-state index contributed by atoms with van der Waals surface area (Å²) in [5.74, 6) is -0.0876. The van der Waals surface area contributed by atoms with Crippen molar-refractivity contribution in [1.29, 1.82) is 0 Å². The Morgan fingerprint density at radius 1 is 1.50 bits per heavy atom. The molecule has 0 spiro atoms. The van der Waals surface area contributed by atoms with Gasteiger partial charge in [0.15, 0.2) is 11.6 Å². The topological polar surface area (TPSA) is 44.5 Å². The van der Waals surface area contributed by atoms with Gasteiger partial charge in [0.2, 0.25) is 0 Å². The molecule has 2 rings (SSSR count). The average molecular weight is 197 g/mol. The van der Waals surface area contributed by atoms with Gasteiger partial charge in [-0.2, -0.15) is 0 Å². The molecule has 1 aromatic rings. The monoisotopic (exact) mass is 197 g/mol. The van der Waals surface area contributed by atoms with E-state index in [9.17, 15) is 4.39 Å². The van der Waals surface area contributed by atoms with Gasteiger partial charge in [-0.3, -0.25) is 0 Å². The molecular weight excluding hydrogens is 185 g/mol. The summed E-state index contributed by atoms with van der Waals surface area (Å²) in [6.45, 7) is 1.42. The molecule has 1 aliphatic rings. The molecule has 76 valence electrons. The molecule has 0 bridgehead atoms. The smallest absolute Gasteiger partial charge is 0.165 e. The Bertz CT molecular complexity index is 326. The fraction of sp³-hybridized carbons (Fsp3) is 0.400. The molecule has 2 N–H and O–H groups in total. The number of hydrogen-bond acceptors (Lipinski definition) is 3.